The van der Waals surface area contributed by atoms with Crippen LogP contribution in [0.15, 0.2) is 23.3 Å². The molecule has 120 valence electrons. The number of nitrogens with zero attached hydrogens (tertiary/aromatic N) is 2. The van der Waals surface area contributed by atoms with E-state index in [1.807, 2.05) is 16.8 Å². The van der Waals surface area contributed by atoms with Gasteiger partial charge in [0.2, 0.25) is 0 Å². The molecule has 2 bridgehead atoms. The van der Waals surface area contributed by atoms with Crippen LogP contribution in [0.1, 0.15) is 46.1 Å². The van der Waals surface area contributed by atoms with Crippen LogP contribution < -0.4 is 5.69 Å². The number of H-pyrrole nitrogens is 2. The van der Waals surface area contributed by atoms with Gasteiger partial charge in [-0.15, -0.1) is 0 Å². The Balaban J connectivity index is 1.83. The third kappa shape index (κ3) is 1.39. The third-order valence-corrected chi connectivity index (χ3v) is 7.32. The zero-order chi connectivity index (χ0) is 16.0. The van der Waals surface area contributed by atoms with E-state index in [1.54, 1.807) is 6.20 Å². The zero-order valence-corrected chi connectivity index (χ0v) is 13.8. The van der Waals surface area contributed by atoms with Crippen molar-refractivity contribution in [3.05, 3.63) is 28.9 Å². The summed E-state index contributed by atoms with van der Waals surface area (Å²) in [4.78, 5) is 23.4. The topological polar surface area (TPSA) is 66.5 Å². The Bertz CT molecular complexity index is 991. The van der Waals surface area contributed by atoms with Crippen molar-refractivity contribution in [3.8, 4) is 0 Å². The van der Waals surface area contributed by atoms with Crippen LogP contribution in [0.2, 0.25) is 0 Å². The fourth-order valence-electron chi connectivity index (χ4n) is 5.47. The third-order valence-electron chi connectivity index (χ3n) is 7.32. The quantitative estimate of drug-likeness (QED) is 0.721. The maximum absolute atomic E-state index is 12.8. The first-order valence-electron chi connectivity index (χ1n) is 8.50. The number of fused-ring (bicyclic) bond motifs is 5. The van der Waals surface area contributed by atoms with Gasteiger partial charge in [0.1, 0.15) is 5.65 Å². The second-order valence-corrected chi connectivity index (χ2v) is 8.19. The van der Waals surface area contributed by atoms with Crippen molar-refractivity contribution in [1.82, 2.24) is 19.5 Å². The van der Waals surface area contributed by atoms with Crippen LogP contribution in [0.3, 0.4) is 0 Å². The van der Waals surface area contributed by atoms with Crippen molar-refractivity contribution in [2.45, 2.75) is 46.1 Å². The fraction of sp³-hybridized carbons (Fsp3) is 0.556. The Labute approximate surface area is 134 Å². The van der Waals surface area contributed by atoms with Gasteiger partial charge in [0, 0.05) is 17.6 Å². The van der Waals surface area contributed by atoms with Crippen molar-refractivity contribution in [2.75, 3.05) is 0 Å². The summed E-state index contributed by atoms with van der Waals surface area (Å²) in [7, 11) is 0. The summed E-state index contributed by atoms with van der Waals surface area (Å²) in [5, 5.41) is 1.03. The minimum Gasteiger partial charge on any atom is -0.346 e. The maximum Gasteiger partial charge on any atom is 0.326 e. The molecular weight excluding hydrogens is 288 g/mol. The van der Waals surface area contributed by atoms with Crippen LogP contribution in [0.25, 0.3) is 22.1 Å². The first-order chi connectivity index (χ1) is 10.9. The molecule has 23 heavy (non-hydrogen) atoms. The van der Waals surface area contributed by atoms with E-state index in [1.165, 1.54) is 12.8 Å². The molecule has 0 unspecified atom stereocenters. The lowest BCUT2D eigenvalue weighted by atomic mass is 9.69. The summed E-state index contributed by atoms with van der Waals surface area (Å²) < 4.78 is 2.04. The summed E-state index contributed by atoms with van der Waals surface area (Å²) in [5.74, 6) is 0.706. The van der Waals surface area contributed by atoms with Gasteiger partial charge in [-0.2, -0.15) is 0 Å². The summed E-state index contributed by atoms with van der Waals surface area (Å²) >= 11 is 0. The van der Waals surface area contributed by atoms with Crippen LogP contribution in [-0.2, 0) is 0 Å². The summed E-state index contributed by atoms with van der Waals surface area (Å²) in [6.07, 6.45) is 7.26. The van der Waals surface area contributed by atoms with Gasteiger partial charge in [-0.05, 0) is 42.1 Å². The van der Waals surface area contributed by atoms with E-state index >= 15 is 0 Å². The molecule has 3 heterocycles. The number of aromatic amines is 2. The smallest absolute Gasteiger partial charge is 0.326 e. The Morgan fingerprint density at radius 2 is 2.17 bits per heavy atom. The van der Waals surface area contributed by atoms with Crippen molar-refractivity contribution < 1.29 is 0 Å². The summed E-state index contributed by atoms with van der Waals surface area (Å²) in [5.41, 5.74) is 3.15. The molecule has 2 aliphatic rings. The highest BCUT2D eigenvalue weighted by Crippen LogP contribution is 2.69. The Morgan fingerprint density at radius 3 is 2.87 bits per heavy atom. The van der Waals surface area contributed by atoms with Gasteiger partial charge >= 0.3 is 5.69 Å². The van der Waals surface area contributed by atoms with Crippen LogP contribution >= 0.6 is 0 Å². The van der Waals surface area contributed by atoms with E-state index in [2.05, 4.69) is 35.7 Å². The van der Waals surface area contributed by atoms with Gasteiger partial charge in [-0.1, -0.05) is 20.8 Å². The highest BCUT2D eigenvalue weighted by Gasteiger charge is 2.62. The van der Waals surface area contributed by atoms with E-state index in [9.17, 15) is 4.79 Å². The second-order valence-electron chi connectivity index (χ2n) is 8.19. The molecule has 0 amide bonds. The molecule has 2 aliphatic carbocycles. The van der Waals surface area contributed by atoms with Crippen LogP contribution in [0, 0.1) is 16.7 Å². The Hall–Kier alpha value is -2.04. The predicted molar refractivity (Wildman–Crippen MR) is 90.5 cm³/mol. The van der Waals surface area contributed by atoms with Crippen LogP contribution in [-0.4, -0.2) is 19.5 Å². The number of hydrogen-bond donors (Lipinski definition) is 2. The molecule has 0 saturated heterocycles. The molecule has 5 nitrogen and oxygen atoms in total. The van der Waals surface area contributed by atoms with Crippen LogP contribution in [0.5, 0.6) is 0 Å². The van der Waals surface area contributed by atoms with Gasteiger partial charge in [0.25, 0.3) is 0 Å². The Morgan fingerprint density at radius 1 is 1.35 bits per heavy atom. The molecule has 0 spiro atoms. The SMILES string of the molecule is CC1(C)[C@H]2CC[C@@]1(C)[C@@H](n1c(=O)[nH]c3cnc4[nH]ccc4c31)C2. The summed E-state index contributed by atoms with van der Waals surface area (Å²) in [6, 6.07) is 2.28. The molecule has 5 rings (SSSR count). The first kappa shape index (κ1) is 13.4. The van der Waals surface area contributed by atoms with Crippen molar-refractivity contribution in [3.63, 3.8) is 0 Å². The van der Waals surface area contributed by atoms with E-state index < -0.39 is 0 Å². The van der Waals surface area contributed by atoms with E-state index in [0.29, 0.717) is 5.92 Å². The van der Waals surface area contributed by atoms with Gasteiger partial charge < -0.3 is 9.97 Å². The monoisotopic (exact) mass is 310 g/mol. The first-order valence-corrected chi connectivity index (χ1v) is 8.50. The lowest BCUT2D eigenvalue weighted by Crippen LogP contribution is -2.37. The van der Waals surface area contributed by atoms with Crippen LogP contribution in [0.4, 0.5) is 0 Å². The van der Waals surface area contributed by atoms with Gasteiger partial charge in [0.15, 0.2) is 0 Å². The molecule has 5 heteroatoms. The number of rotatable bonds is 1. The highest BCUT2D eigenvalue weighted by atomic mass is 16.1. The van der Waals surface area contributed by atoms with E-state index in [4.69, 9.17) is 0 Å². The molecule has 0 aliphatic heterocycles. The second kappa shape index (κ2) is 3.89. The van der Waals surface area contributed by atoms with Gasteiger partial charge in [0.05, 0.1) is 17.2 Å². The Kier molecular flexibility index (Phi) is 2.27. The van der Waals surface area contributed by atoms with Crippen molar-refractivity contribution in [1.29, 1.82) is 0 Å². The molecule has 2 saturated carbocycles. The molecule has 3 atom stereocenters. The molecule has 0 radical (unpaired) electrons. The maximum atomic E-state index is 12.8. The molecule has 2 N–H and O–H groups in total. The molecular formula is C18H22N4O. The number of imidazole rings is 1. The van der Waals surface area contributed by atoms with Gasteiger partial charge in [-0.25, -0.2) is 9.78 Å². The molecule has 2 fully saturated rings. The normalized spacial score (nSPS) is 32.3. The molecule has 3 aromatic rings. The average Bonchev–Trinajstić information content (AvgIpc) is 3.18. The lowest BCUT2D eigenvalue weighted by Gasteiger charge is -2.39. The lowest BCUT2D eigenvalue weighted by molar-refractivity contribution is 0.108. The highest BCUT2D eigenvalue weighted by molar-refractivity contribution is 6.00. The number of hydrogen-bond acceptors (Lipinski definition) is 2. The summed E-state index contributed by atoms with van der Waals surface area (Å²) in [6.45, 7) is 7.15. The minimum absolute atomic E-state index is 0.00470. The average molecular weight is 310 g/mol. The molecule has 0 aromatic carbocycles. The minimum atomic E-state index is 0.00470. The van der Waals surface area contributed by atoms with E-state index in [0.717, 1.165) is 28.5 Å². The van der Waals surface area contributed by atoms with E-state index in [-0.39, 0.29) is 22.6 Å². The molecule has 3 aromatic heterocycles. The number of aromatic nitrogens is 4. The standard InChI is InChI=1S/C18H22N4O/c1-17(2)10-4-6-18(17,3)13(8-10)22-14-11-5-7-19-15(11)20-9-12(14)21-16(22)23/h5,7,9-10,13H,4,6,8H2,1-3H3,(H,19,20)(H,21,23)/t10-,13-,18-/m0/s1. The van der Waals surface area contributed by atoms with Crippen molar-refractivity contribution in [2.24, 2.45) is 16.7 Å². The zero-order valence-electron chi connectivity index (χ0n) is 13.8. The van der Waals surface area contributed by atoms with Gasteiger partial charge in [-0.3, -0.25) is 4.57 Å². The fourth-order valence-corrected chi connectivity index (χ4v) is 5.47. The largest absolute Gasteiger partial charge is 0.346 e. The predicted octanol–water partition coefficient (Wildman–Crippen LogP) is 3.59. The van der Waals surface area contributed by atoms with Crippen molar-refractivity contribution >= 4 is 22.1 Å². The number of nitrogens with one attached hydrogen (secondary N) is 2. The number of pyridine rings is 1.